The van der Waals surface area contributed by atoms with Crippen molar-refractivity contribution in [1.29, 1.82) is 0 Å². The van der Waals surface area contributed by atoms with Crippen molar-refractivity contribution in [2.45, 2.75) is 32.2 Å². The van der Waals surface area contributed by atoms with Crippen LogP contribution in [-0.4, -0.2) is 27.9 Å². The molecular weight excluding hydrogens is 388 g/mol. The molecule has 1 saturated carbocycles. The summed E-state index contributed by atoms with van der Waals surface area (Å²) in [6.45, 7) is 0.764. The molecule has 1 heterocycles. The van der Waals surface area contributed by atoms with Crippen LogP contribution in [0.1, 0.15) is 25.1 Å². The number of hydrogen-bond acceptors (Lipinski definition) is 3. The molecule has 1 aliphatic carbocycles. The summed E-state index contributed by atoms with van der Waals surface area (Å²) in [5.41, 5.74) is 2.36. The van der Waals surface area contributed by atoms with Gasteiger partial charge in [-0.05, 0) is 43.5 Å². The van der Waals surface area contributed by atoms with Crippen LogP contribution in [0.5, 0.6) is 0 Å². The van der Waals surface area contributed by atoms with Gasteiger partial charge in [0.15, 0.2) is 0 Å². The van der Waals surface area contributed by atoms with Crippen molar-refractivity contribution in [3.8, 4) is 0 Å². The van der Waals surface area contributed by atoms with Gasteiger partial charge in [0.25, 0.3) is 0 Å². The summed E-state index contributed by atoms with van der Waals surface area (Å²) in [4.78, 5) is 29.1. The maximum absolute atomic E-state index is 12.7. The molecule has 1 aliphatic rings. The zero-order valence-electron chi connectivity index (χ0n) is 16.0. The summed E-state index contributed by atoms with van der Waals surface area (Å²) in [6.07, 6.45) is 3.46. The molecule has 2 aromatic carbocycles. The Labute approximate surface area is 174 Å². The number of benzene rings is 2. The van der Waals surface area contributed by atoms with E-state index in [0.717, 1.165) is 36.1 Å². The minimum absolute atomic E-state index is 0.148. The molecule has 2 N–H and O–H groups in total. The quantitative estimate of drug-likeness (QED) is 0.555. The van der Waals surface area contributed by atoms with E-state index in [9.17, 15) is 9.59 Å². The largest absolute Gasteiger partial charge is 0.356 e. The number of rotatable bonds is 8. The van der Waals surface area contributed by atoms with Crippen LogP contribution in [0.2, 0.25) is 5.02 Å². The molecule has 1 fully saturated rings. The Morgan fingerprint density at radius 2 is 1.86 bits per heavy atom. The molecule has 1 aromatic heterocycles. The van der Waals surface area contributed by atoms with Gasteiger partial charge >= 0.3 is 0 Å². The van der Waals surface area contributed by atoms with Crippen LogP contribution in [-0.2, 0) is 22.6 Å². The molecule has 0 saturated heterocycles. The third-order valence-electron chi connectivity index (χ3n) is 5.01. The third kappa shape index (κ3) is 4.77. The lowest BCUT2D eigenvalue weighted by Crippen LogP contribution is -2.26. The van der Waals surface area contributed by atoms with Gasteiger partial charge in [-0.15, -0.1) is 0 Å². The monoisotopic (exact) mass is 410 g/mol. The number of anilines is 1. The highest BCUT2D eigenvalue weighted by atomic mass is 35.5. The number of para-hydroxylation sites is 3. The van der Waals surface area contributed by atoms with Gasteiger partial charge in [0.05, 0.1) is 21.7 Å². The number of imidazole rings is 1. The lowest BCUT2D eigenvalue weighted by molar-refractivity contribution is -0.122. The zero-order valence-corrected chi connectivity index (χ0v) is 16.8. The second-order valence-electron chi connectivity index (χ2n) is 7.30. The molecule has 150 valence electrons. The molecule has 0 radical (unpaired) electrons. The van der Waals surface area contributed by atoms with Crippen molar-refractivity contribution in [2.24, 2.45) is 5.92 Å². The smallest absolute Gasteiger partial charge is 0.244 e. The van der Waals surface area contributed by atoms with E-state index in [4.69, 9.17) is 16.6 Å². The Hall–Kier alpha value is -2.86. The van der Waals surface area contributed by atoms with Crippen LogP contribution < -0.4 is 10.6 Å². The normalized spacial score (nSPS) is 13.4. The van der Waals surface area contributed by atoms with Gasteiger partial charge in [0.2, 0.25) is 11.8 Å². The van der Waals surface area contributed by atoms with E-state index >= 15 is 0 Å². The van der Waals surface area contributed by atoms with Crippen molar-refractivity contribution >= 4 is 40.1 Å². The first-order valence-corrected chi connectivity index (χ1v) is 10.3. The van der Waals surface area contributed by atoms with E-state index in [1.807, 2.05) is 41.0 Å². The molecule has 6 nitrogen and oxygen atoms in total. The van der Waals surface area contributed by atoms with E-state index in [-0.39, 0.29) is 24.3 Å². The van der Waals surface area contributed by atoms with Crippen molar-refractivity contribution in [2.75, 3.05) is 11.9 Å². The van der Waals surface area contributed by atoms with Gasteiger partial charge in [0.1, 0.15) is 12.4 Å². The van der Waals surface area contributed by atoms with Gasteiger partial charge in [-0.3, -0.25) is 9.59 Å². The van der Waals surface area contributed by atoms with Crippen LogP contribution in [0.15, 0.2) is 48.5 Å². The number of fused-ring (bicyclic) bond motifs is 1. The fraction of sp³-hybridized carbons (Fsp3) is 0.318. The lowest BCUT2D eigenvalue weighted by Gasteiger charge is -2.11. The second-order valence-corrected chi connectivity index (χ2v) is 7.71. The molecule has 3 aromatic rings. The van der Waals surface area contributed by atoms with E-state index in [0.29, 0.717) is 23.7 Å². The number of hydrogen-bond donors (Lipinski definition) is 2. The Balaban J connectivity index is 1.45. The molecule has 0 spiro atoms. The fourth-order valence-corrected chi connectivity index (χ4v) is 3.52. The van der Waals surface area contributed by atoms with Gasteiger partial charge in [-0.1, -0.05) is 35.9 Å². The summed E-state index contributed by atoms with van der Waals surface area (Å²) in [6, 6.07) is 14.9. The average Bonchev–Trinajstić information content (AvgIpc) is 3.51. The average molecular weight is 411 g/mol. The number of halogens is 1. The predicted molar refractivity (Wildman–Crippen MR) is 114 cm³/mol. The highest BCUT2D eigenvalue weighted by Crippen LogP contribution is 2.28. The van der Waals surface area contributed by atoms with E-state index < -0.39 is 0 Å². The first kappa shape index (κ1) is 19.5. The van der Waals surface area contributed by atoms with Crippen molar-refractivity contribution < 1.29 is 9.59 Å². The summed E-state index contributed by atoms with van der Waals surface area (Å²) in [5, 5.41) is 6.35. The molecule has 0 atom stereocenters. The Bertz CT molecular complexity index is 1040. The first-order chi connectivity index (χ1) is 14.1. The number of amides is 2. The minimum Gasteiger partial charge on any atom is -0.356 e. The lowest BCUT2D eigenvalue weighted by atomic mass is 10.2. The molecule has 7 heteroatoms. The molecule has 0 unspecified atom stereocenters. The van der Waals surface area contributed by atoms with Gasteiger partial charge < -0.3 is 15.2 Å². The minimum atomic E-state index is -0.162. The zero-order chi connectivity index (χ0) is 20.2. The van der Waals surface area contributed by atoms with Crippen molar-refractivity contribution in [3.63, 3.8) is 0 Å². The Morgan fingerprint density at radius 1 is 1.10 bits per heavy atom. The van der Waals surface area contributed by atoms with Crippen LogP contribution in [0, 0.1) is 5.92 Å². The first-order valence-electron chi connectivity index (χ1n) is 9.88. The van der Waals surface area contributed by atoms with Gasteiger partial charge in [0, 0.05) is 18.9 Å². The second kappa shape index (κ2) is 8.66. The highest BCUT2D eigenvalue weighted by Gasteiger charge is 2.29. The van der Waals surface area contributed by atoms with E-state index in [2.05, 4.69) is 10.6 Å². The number of carbonyl (C=O) groups excluding carboxylic acids is 2. The van der Waals surface area contributed by atoms with Crippen LogP contribution >= 0.6 is 11.6 Å². The van der Waals surface area contributed by atoms with E-state index in [1.165, 1.54) is 0 Å². The number of aryl methyl sites for hydroxylation is 1. The van der Waals surface area contributed by atoms with Crippen molar-refractivity contribution in [3.05, 3.63) is 59.4 Å². The SMILES string of the molecule is O=C(Cn1c(CCCNC(=O)C2CC2)nc2ccccc21)Nc1ccccc1Cl. The Morgan fingerprint density at radius 3 is 2.66 bits per heavy atom. The summed E-state index contributed by atoms with van der Waals surface area (Å²) in [5.74, 6) is 1.04. The van der Waals surface area contributed by atoms with Crippen LogP contribution in [0.3, 0.4) is 0 Å². The standard InChI is InChI=1S/C22H23ClN4O2/c23-16-6-1-2-7-17(16)26-21(28)14-27-19-9-4-3-8-18(19)25-20(27)10-5-13-24-22(29)15-11-12-15/h1-4,6-9,15H,5,10-14H2,(H,24,29)(H,26,28). The summed E-state index contributed by atoms with van der Waals surface area (Å²) >= 11 is 6.14. The predicted octanol–water partition coefficient (Wildman–Crippen LogP) is 3.79. The van der Waals surface area contributed by atoms with Gasteiger partial charge in [-0.25, -0.2) is 4.98 Å². The van der Waals surface area contributed by atoms with Crippen LogP contribution in [0.25, 0.3) is 11.0 Å². The maximum atomic E-state index is 12.7. The summed E-state index contributed by atoms with van der Waals surface area (Å²) in [7, 11) is 0. The molecule has 0 bridgehead atoms. The number of carbonyl (C=O) groups is 2. The molecular formula is C22H23ClN4O2. The highest BCUT2D eigenvalue weighted by molar-refractivity contribution is 6.33. The molecule has 29 heavy (non-hydrogen) atoms. The molecule has 4 rings (SSSR count). The number of aromatic nitrogens is 2. The topological polar surface area (TPSA) is 76.0 Å². The van der Waals surface area contributed by atoms with E-state index in [1.54, 1.807) is 12.1 Å². The number of nitrogens with zero attached hydrogens (tertiary/aromatic N) is 2. The summed E-state index contributed by atoms with van der Waals surface area (Å²) < 4.78 is 1.93. The maximum Gasteiger partial charge on any atom is 0.244 e. The molecule has 2 amide bonds. The Kier molecular flexibility index (Phi) is 5.81. The number of nitrogens with one attached hydrogen (secondary N) is 2. The third-order valence-corrected chi connectivity index (χ3v) is 5.34. The van der Waals surface area contributed by atoms with Crippen molar-refractivity contribution in [1.82, 2.24) is 14.9 Å². The fourth-order valence-electron chi connectivity index (χ4n) is 3.34. The molecule has 0 aliphatic heterocycles. The van der Waals surface area contributed by atoms with Gasteiger partial charge in [-0.2, -0.15) is 0 Å². The van der Waals surface area contributed by atoms with Crippen LogP contribution in [0.4, 0.5) is 5.69 Å².